The Labute approximate surface area is 120 Å². The molecule has 112 valence electrons. The van der Waals surface area contributed by atoms with Crippen molar-refractivity contribution in [2.24, 2.45) is 5.73 Å². The molecule has 0 aromatic heterocycles. The molecule has 2 rings (SSSR count). The van der Waals surface area contributed by atoms with Gasteiger partial charge in [-0.1, -0.05) is 18.6 Å². The predicted octanol–water partition coefficient (Wildman–Crippen LogP) is 1.24. The van der Waals surface area contributed by atoms with Crippen LogP contribution in [-0.4, -0.2) is 37.0 Å². The molecule has 2 atom stereocenters. The third kappa shape index (κ3) is 3.03. The lowest BCUT2D eigenvalue weighted by Gasteiger charge is -2.33. The molecule has 1 heterocycles. The zero-order valence-electron chi connectivity index (χ0n) is 11.7. The maximum atomic E-state index is 12.6. The molecule has 0 radical (unpaired) electrons. The van der Waals surface area contributed by atoms with Crippen molar-refractivity contribution in [1.29, 1.82) is 0 Å². The molecule has 1 aromatic rings. The van der Waals surface area contributed by atoms with Gasteiger partial charge in [0, 0.05) is 18.6 Å². The van der Waals surface area contributed by atoms with Crippen LogP contribution in [0, 0.1) is 0 Å². The molecule has 1 aliphatic heterocycles. The average Bonchev–Trinajstić information content (AvgIpc) is 2.47. The lowest BCUT2D eigenvalue weighted by Crippen LogP contribution is -2.45. The molecule has 1 aliphatic rings. The molecule has 1 saturated heterocycles. The first-order valence-corrected chi connectivity index (χ1v) is 8.39. The number of aliphatic hydroxyl groups excluding tert-OH is 1. The minimum Gasteiger partial charge on any atom is -0.395 e. The van der Waals surface area contributed by atoms with E-state index in [-0.39, 0.29) is 23.6 Å². The Morgan fingerprint density at radius 2 is 2.00 bits per heavy atom. The standard InChI is InChI=1S/C14H22N2O3S/c1-11(15)12-5-7-14(8-6-12)20(18,19)16-9-3-2-4-13(16)10-17/h5-8,11,13,17H,2-4,9-10,15H2,1H3. The van der Waals surface area contributed by atoms with E-state index in [1.165, 1.54) is 4.31 Å². The quantitative estimate of drug-likeness (QED) is 0.876. The minimum atomic E-state index is -3.53. The SMILES string of the molecule is CC(N)c1ccc(S(=O)(=O)N2CCCCC2CO)cc1. The van der Waals surface area contributed by atoms with E-state index in [0.717, 1.165) is 18.4 Å². The first kappa shape index (κ1) is 15.4. The fourth-order valence-corrected chi connectivity index (χ4v) is 4.24. The predicted molar refractivity (Wildman–Crippen MR) is 77.7 cm³/mol. The fourth-order valence-electron chi connectivity index (χ4n) is 2.55. The summed E-state index contributed by atoms with van der Waals surface area (Å²) in [7, 11) is -3.53. The molecule has 0 saturated carbocycles. The second kappa shape index (κ2) is 6.22. The zero-order valence-corrected chi connectivity index (χ0v) is 12.5. The summed E-state index contributed by atoms with van der Waals surface area (Å²) in [5.41, 5.74) is 6.67. The van der Waals surface area contributed by atoms with Crippen molar-refractivity contribution in [3.8, 4) is 0 Å². The number of sulfonamides is 1. The Kier molecular flexibility index (Phi) is 4.80. The van der Waals surface area contributed by atoms with Gasteiger partial charge in [-0.2, -0.15) is 4.31 Å². The van der Waals surface area contributed by atoms with Gasteiger partial charge in [0.1, 0.15) is 0 Å². The molecule has 0 spiro atoms. The van der Waals surface area contributed by atoms with E-state index in [4.69, 9.17) is 5.73 Å². The number of nitrogens with two attached hydrogens (primary N) is 1. The van der Waals surface area contributed by atoms with Crippen LogP contribution < -0.4 is 5.73 Å². The smallest absolute Gasteiger partial charge is 0.243 e. The summed E-state index contributed by atoms with van der Waals surface area (Å²) in [4.78, 5) is 0.266. The van der Waals surface area contributed by atoms with Gasteiger partial charge < -0.3 is 10.8 Å². The average molecular weight is 298 g/mol. The van der Waals surface area contributed by atoms with Gasteiger partial charge in [0.05, 0.1) is 11.5 Å². The van der Waals surface area contributed by atoms with E-state index in [1.807, 2.05) is 6.92 Å². The van der Waals surface area contributed by atoms with Gasteiger partial charge in [-0.25, -0.2) is 8.42 Å². The van der Waals surface area contributed by atoms with Crippen LogP contribution in [0.15, 0.2) is 29.2 Å². The molecule has 3 N–H and O–H groups in total. The van der Waals surface area contributed by atoms with Crippen LogP contribution in [-0.2, 0) is 10.0 Å². The lowest BCUT2D eigenvalue weighted by molar-refractivity contribution is 0.155. The number of hydrogen-bond acceptors (Lipinski definition) is 4. The van der Waals surface area contributed by atoms with Crippen molar-refractivity contribution >= 4 is 10.0 Å². The highest BCUT2D eigenvalue weighted by Crippen LogP contribution is 2.25. The van der Waals surface area contributed by atoms with Gasteiger partial charge in [0.2, 0.25) is 10.0 Å². The maximum absolute atomic E-state index is 12.6. The molecule has 0 aliphatic carbocycles. The van der Waals surface area contributed by atoms with E-state index in [2.05, 4.69) is 0 Å². The lowest BCUT2D eigenvalue weighted by atomic mass is 10.1. The van der Waals surface area contributed by atoms with Gasteiger partial charge in [-0.3, -0.25) is 0 Å². The summed E-state index contributed by atoms with van der Waals surface area (Å²) in [6.07, 6.45) is 2.52. The molecule has 0 amide bonds. The number of nitrogens with zero attached hydrogens (tertiary/aromatic N) is 1. The van der Waals surface area contributed by atoms with Crippen LogP contribution in [0.4, 0.5) is 0 Å². The summed E-state index contributed by atoms with van der Waals surface area (Å²) in [5, 5.41) is 9.37. The number of hydrogen-bond donors (Lipinski definition) is 2. The Bertz CT molecular complexity index is 540. The Hall–Kier alpha value is -0.950. The summed E-state index contributed by atoms with van der Waals surface area (Å²) in [6.45, 7) is 2.20. The molecule has 20 heavy (non-hydrogen) atoms. The molecule has 1 aromatic carbocycles. The number of aliphatic hydroxyl groups is 1. The number of benzene rings is 1. The maximum Gasteiger partial charge on any atom is 0.243 e. The topological polar surface area (TPSA) is 83.6 Å². The van der Waals surface area contributed by atoms with E-state index in [1.54, 1.807) is 24.3 Å². The fraction of sp³-hybridized carbons (Fsp3) is 0.571. The highest BCUT2D eigenvalue weighted by molar-refractivity contribution is 7.89. The summed E-state index contributed by atoms with van der Waals surface area (Å²) in [5.74, 6) is 0. The van der Waals surface area contributed by atoms with Gasteiger partial charge in [-0.05, 0) is 37.5 Å². The van der Waals surface area contributed by atoms with Crippen molar-refractivity contribution in [1.82, 2.24) is 4.31 Å². The van der Waals surface area contributed by atoms with Gasteiger partial charge >= 0.3 is 0 Å². The van der Waals surface area contributed by atoms with Crippen molar-refractivity contribution < 1.29 is 13.5 Å². The van der Waals surface area contributed by atoms with E-state index < -0.39 is 10.0 Å². The molecule has 0 bridgehead atoms. The first-order chi connectivity index (χ1) is 9.46. The van der Waals surface area contributed by atoms with Crippen LogP contribution >= 0.6 is 0 Å². The van der Waals surface area contributed by atoms with Crippen LogP contribution in [0.3, 0.4) is 0 Å². The molecular formula is C14H22N2O3S. The molecule has 5 nitrogen and oxygen atoms in total. The van der Waals surface area contributed by atoms with Crippen LogP contribution in [0.5, 0.6) is 0 Å². The Balaban J connectivity index is 2.29. The van der Waals surface area contributed by atoms with Crippen molar-refractivity contribution in [3.63, 3.8) is 0 Å². The third-order valence-corrected chi connectivity index (χ3v) is 5.76. The van der Waals surface area contributed by atoms with E-state index in [0.29, 0.717) is 13.0 Å². The number of rotatable bonds is 4. The Morgan fingerprint density at radius 3 is 2.55 bits per heavy atom. The normalized spacial score (nSPS) is 22.6. The molecule has 6 heteroatoms. The van der Waals surface area contributed by atoms with Crippen molar-refractivity contribution in [3.05, 3.63) is 29.8 Å². The Morgan fingerprint density at radius 1 is 1.35 bits per heavy atom. The van der Waals surface area contributed by atoms with Crippen LogP contribution in [0.2, 0.25) is 0 Å². The van der Waals surface area contributed by atoms with Crippen LogP contribution in [0.25, 0.3) is 0 Å². The highest BCUT2D eigenvalue weighted by atomic mass is 32.2. The van der Waals surface area contributed by atoms with E-state index >= 15 is 0 Å². The largest absolute Gasteiger partial charge is 0.395 e. The summed E-state index contributed by atoms with van der Waals surface area (Å²) >= 11 is 0. The third-order valence-electron chi connectivity index (χ3n) is 3.80. The van der Waals surface area contributed by atoms with E-state index in [9.17, 15) is 13.5 Å². The van der Waals surface area contributed by atoms with Gasteiger partial charge in [0.25, 0.3) is 0 Å². The van der Waals surface area contributed by atoms with Crippen molar-refractivity contribution in [2.45, 2.75) is 43.2 Å². The van der Waals surface area contributed by atoms with Gasteiger partial charge in [0.15, 0.2) is 0 Å². The summed E-state index contributed by atoms with van der Waals surface area (Å²) in [6, 6.07) is 6.26. The minimum absolute atomic E-state index is 0.119. The molecular weight excluding hydrogens is 276 g/mol. The molecule has 2 unspecified atom stereocenters. The second-order valence-corrected chi connectivity index (χ2v) is 7.20. The van der Waals surface area contributed by atoms with Crippen LogP contribution in [0.1, 0.15) is 37.8 Å². The van der Waals surface area contributed by atoms with Gasteiger partial charge in [-0.15, -0.1) is 0 Å². The molecule has 1 fully saturated rings. The second-order valence-electron chi connectivity index (χ2n) is 5.31. The number of piperidine rings is 1. The summed E-state index contributed by atoms with van der Waals surface area (Å²) < 4.78 is 26.7. The monoisotopic (exact) mass is 298 g/mol. The first-order valence-electron chi connectivity index (χ1n) is 6.95. The zero-order chi connectivity index (χ0) is 14.8. The highest BCUT2D eigenvalue weighted by Gasteiger charge is 2.32. The van der Waals surface area contributed by atoms with Crippen molar-refractivity contribution in [2.75, 3.05) is 13.2 Å².